The van der Waals surface area contributed by atoms with Crippen molar-refractivity contribution in [1.29, 1.82) is 0 Å². The highest BCUT2D eigenvalue weighted by molar-refractivity contribution is 4.86. The summed E-state index contributed by atoms with van der Waals surface area (Å²) in [4.78, 5) is 2.80. The Morgan fingerprint density at radius 2 is 1.12 bits per heavy atom. The van der Waals surface area contributed by atoms with Gasteiger partial charge in [0.2, 0.25) is 0 Å². The topological polar surface area (TPSA) is 27.3 Å². The molecule has 2 N–H and O–H groups in total. The standard InChI is InChI=1S/C37H69N3/c1(3-7-11-15-22-35-25-19-28-38-32-35)2-6-10-14-18-30-40-31-21-27-37(34-40)24-17-13-9-5-4-8-12-16-23-36-26-20-29-39-33-36/h8,11-12,15,35-39H,1-7,9-10,13-14,16-34H2. The number of nitrogens with zero attached hydrogens (tertiary/aromatic N) is 1. The van der Waals surface area contributed by atoms with Crippen molar-refractivity contribution in [2.75, 3.05) is 45.8 Å². The van der Waals surface area contributed by atoms with Crippen LogP contribution < -0.4 is 10.6 Å². The molecular formula is C37H69N3. The molecule has 3 unspecified atom stereocenters. The van der Waals surface area contributed by atoms with E-state index in [1.54, 1.807) is 0 Å². The van der Waals surface area contributed by atoms with Crippen LogP contribution >= 0.6 is 0 Å². The van der Waals surface area contributed by atoms with E-state index in [-0.39, 0.29) is 0 Å². The Hall–Kier alpha value is -0.640. The molecule has 3 aliphatic rings. The maximum Gasteiger partial charge on any atom is 0.000966 e. The molecule has 0 bridgehead atoms. The third-order valence-electron chi connectivity index (χ3n) is 10.0. The molecule has 3 nitrogen and oxygen atoms in total. The largest absolute Gasteiger partial charge is 0.316 e. The lowest BCUT2D eigenvalue weighted by molar-refractivity contribution is 0.163. The van der Waals surface area contributed by atoms with Gasteiger partial charge < -0.3 is 15.5 Å². The third-order valence-corrected chi connectivity index (χ3v) is 10.0. The molecule has 0 spiro atoms. The van der Waals surface area contributed by atoms with E-state index in [0.29, 0.717) is 0 Å². The summed E-state index contributed by atoms with van der Waals surface area (Å²) in [5.41, 5.74) is 0. The SMILES string of the molecule is C(=CCC1CCCNC1)CCCCCCCCCN1CCCC(CCCCCCC=CCCC2CCCNC2)C1. The highest BCUT2D eigenvalue weighted by Crippen LogP contribution is 2.23. The van der Waals surface area contributed by atoms with E-state index in [2.05, 4.69) is 39.8 Å². The molecule has 0 saturated carbocycles. The van der Waals surface area contributed by atoms with Gasteiger partial charge in [0.1, 0.15) is 0 Å². The lowest BCUT2D eigenvalue weighted by Crippen LogP contribution is -2.36. The molecule has 0 aromatic heterocycles. The molecule has 3 aliphatic heterocycles. The number of allylic oxidation sites excluding steroid dienone is 4. The molecule has 3 saturated heterocycles. The predicted octanol–water partition coefficient (Wildman–Crippen LogP) is 9.44. The number of hydrogen-bond donors (Lipinski definition) is 2. The van der Waals surface area contributed by atoms with Gasteiger partial charge in [-0.1, -0.05) is 75.7 Å². The maximum atomic E-state index is 3.54. The van der Waals surface area contributed by atoms with Crippen LogP contribution in [0.25, 0.3) is 0 Å². The quantitative estimate of drug-likeness (QED) is 0.103. The second-order valence-corrected chi connectivity index (χ2v) is 13.7. The van der Waals surface area contributed by atoms with Crippen molar-refractivity contribution < 1.29 is 0 Å². The molecule has 40 heavy (non-hydrogen) atoms. The van der Waals surface area contributed by atoms with Crippen LogP contribution in [-0.2, 0) is 0 Å². The second-order valence-electron chi connectivity index (χ2n) is 13.7. The van der Waals surface area contributed by atoms with E-state index >= 15 is 0 Å². The van der Waals surface area contributed by atoms with Gasteiger partial charge in [0.15, 0.2) is 0 Å². The summed E-state index contributed by atoms with van der Waals surface area (Å²) in [5.74, 6) is 2.81. The Bertz CT molecular complexity index is 617. The van der Waals surface area contributed by atoms with Crippen molar-refractivity contribution in [2.24, 2.45) is 17.8 Å². The first-order valence-electron chi connectivity index (χ1n) is 18.3. The summed E-state index contributed by atoms with van der Waals surface area (Å²) < 4.78 is 0. The van der Waals surface area contributed by atoms with Gasteiger partial charge in [-0.2, -0.15) is 0 Å². The Labute approximate surface area is 250 Å². The first-order chi connectivity index (χ1) is 19.9. The van der Waals surface area contributed by atoms with Crippen molar-refractivity contribution in [3.05, 3.63) is 24.3 Å². The average molecular weight is 556 g/mol. The zero-order chi connectivity index (χ0) is 27.8. The summed E-state index contributed by atoms with van der Waals surface area (Å²) >= 11 is 0. The summed E-state index contributed by atoms with van der Waals surface area (Å²) in [6.45, 7) is 9.08. The maximum absolute atomic E-state index is 3.54. The van der Waals surface area contributed by atoms with Crippen LogP contribution in [0, 0.1) is 17.8 Å². The van der Waals surface area contributed by atoms with Crippen molar-refractivity contribution in [3.63, 3.8) is 0 Å². The molecule has 232 valence electrons. The highest BCUT2D eigenvalue weighted by atomic mass is 15.1. The molecule has 0 aromatic carbocycles. The number of likely N-dealkylation sites (tertiary alicyclic amines) is 1. The van der Waals surface area contributed by atoms with E-state index in [9.17, 15) is 0 Å². The van der Waals surface area contributed by atoms with Gasteiger partial charge >= 0.3 is 0 Å². The van der Waals surface area contributed by atoms with Gasteiger partial charge in [-0.25, -0.2) is 0 Å². The van der Waals surface area contributed by atoms with E-state index in [1.807, 2.05) is 0 Å². The lowest BCUT2D eigenvalue weighted by Gasteiger charge is -2.32. The Kier molecular flexibility index (Phi) is 20.2. The van der Waals surface area contributed by atoms with Gasteiger partial charge in [0, 0.05) is 6.54 Å². The molecule has 0 radical (unpaired) electrons. The van der Waals surface area contributed by atoms with Crippen LogP contribution in [0.2, 0.25) is 0 Å². The lowest BCUT2D eigenvalue weighted by atomic mass is 9.92. The van der Waals surface area contributed by atoms with Crippen LogP contribution in [0.4, 0.5) is 0 Å². The minimum absolute atomic E-state index is 0.896. The van der Waals surface area contributed by atoms with Crippen molar-refractivity contribution in [3.8, 4) is 0 Å². The fraction of sp³-hybridized carbons (Fsp3) is 0.892. The van der Waals surface area contributed by atoms with Crippen LogP contribution in [0.15, 0.2) is 24.3 Å². The van der Waals surface area contributed by atoms with E-state index in [4.69, 9.17) is 0 Å². The molecule has 3 fully saturated rings. The molecule has 0 aromatic rings. The van der Waals surface area contributed by atoms with Gasteiger partial charge in [0.25, 0.3) is 0 Å². The van der Waals surface area contributed by atoms with Crippen LogP contribution in [0.3, 0.4) is 0 Å². The molecular weight excluding hydrogens is 486 g/mol. The molecule has 0 aliphatic carbocycles. The number of piperidine rings is 3. The number of rotatable bonds is 22. The molecule has 3 heteroatoms. The van der Waals surface area contributed by atoms with Gasteiger partial charge in [-0.05, 0) is 153 Å². The minimum Gasteiger partial charge on any atom is -0.316 e. The first-order valence-corrected chi connectivity index (χ1v) is 18.3. The number of hydrogen-bond acceptors (Lipinski definition) is 3. The molecule has 3 atom stereocenters. The summed E-state index contributed by atoms with van der Waals surface area (Å²) in [7, 11) is 0. The monoisotopic (exact) mass is 556 g/mol. The van der Waals surface area contributed by atoms with Crippen LogP contribution in [0.5, 0.6) is 0 Å². The molecule has 0 amide bonds. The van der Waals surface area contributed by atoms with E-state index < -0.39 is 0 Å². The Morgan fingerprint density at radius 1 is 0.525 bits per heavy atom. The molecule has 3 heterocycles. The smallest absolute Gasteiger partial charge is 0.000966 e. The average Bonchev–Trinajstić information content (AvgIpc) is 3.00. The van der Waals surface area contributed by atoms with Gasteiger partial charge in [0.05, 0.1) is 0 Å². The Balaban J connectivity index is 1.04. The van der Waals surface area contributed by atoms with Crippen molar-refractivity contribution in [2.45, 2.75) is 148 Å². The van der Waals surface area contributed by atoms with Crippen LogP contribution in [0.1, 0.15) is 148 Å². The second kappa shape index (κ2) is 23.9. The first kappa shape index (κ1) is 33.9. The van der Waals surface area contributed by atoms with Crippen molar-refractivity contribution in [1.82, 2.24) is 15.5 Å². The summed E-state index contributed by atoms with van der Waals surface area (Å²) in [5, 5.41) is 7.07. The minimum atomic E-state index is 0.896. The third kappa shape index (κ3) is 17.3. The molecule has 3 rings (SSSR count). The van der Waals surface area contributed by atoms with Crippen molar-refractivity contribution >= 4 is 0 Å². The van der Waals surface area contributed by atoms with Gasteiger partial charge in [-0.15, -0.1) is 0 Å². The zero-order valence-electron chi connectivity index (χ0n) is 26.7. The predicted molar refractivity (Wildman–Crippen MR) is 177 cm³/mol. The fourth-order valence-corrected chi connectivity index (χ4v) is 7.39. The summed E-state index contributed by atoms with van der Waals surface area (Å²) in [6.07, 6.45) is 42.2. The van der Waals surface area contributed by atoms with E-state index in [1.165, 1.54) is 193 Å². The van der Waals surface area contributed by atoms with E-state index in [0.717, 1.165) is 17.8 Å². The fourth-order valence-electron chi connectivity index (χ4n) is 7.39. The Morgan fingerprint density at radius 3 is 1.85 bits per heavy atom. The number of nitrogens with one attached hydrogen (secondary N) is 2. The van der Waals surface area contributed by atoms with Crippen LogP contribution in [-0.4, -0.2) is 50.7 Å². The normalized spacial score (nSPS) is 24.9. The zero-order valence-corrected chi connectivity index (χ0v) is 26.7. The van der Waals surface area contributed by atoms with Gasteiger partial charge in [-0.3, -0.25) is 0 Å². The number of unbranched alkanes of at least 4 members (excludes halogenated alkanes) is 11. The highest BCUT2D eigenvalue weighted by Gasteiger charge is 2.19. The summed E-state index contributed by atoms with van der Waals surface area (Å²) in [6, 6.07) is 0.